The number of ether oxygens (including phenoxy) is 2. The Morgan fingerprint density at radius 2 is 1.95 bits per heavy atom. The Morgan fingerprint density at radius 3 is 2.68 bits per heavy atom. The van der Waals surface area contributed by atoms with Gasteiger partial charge in [0.25, 0.3) is 0 Å². The molecule has 5 atom stereocenters. The Kier molecular flexibility index (Phi) is 3.89. The molecule has 9 nitrogen and oxygen atoms in total. The highest BCUT2D eigenvalue weighted by atomic mass is 16.7. The number of aromatic amines is 1. The molecule has 0 radical (unpaired) electrons. The number of para-hydroxylation sites is 1. The number of fused-ring (bicyclic) bond motifs is 1. The van der Waals surface area contributed by atoms with Crippen LogP contribution in [0.1, 0.15) is 0 Å². The summed E-state index contributed by atoms with van der Waals surface area (Å²) in [6, 6.07) is 4.63. The van der Waals surface area contributed by atoms with Crippen LogP contribution in [-0.2, 0) is 4.74 Å². The number of nitrogens with one attached hydrogen (secondary N) is 1. The van der Waals surface area contributed by atoms with Crippen LogP contribution in [0.25, 0.3) is 11.1 Å². The lowest BCUT2D eigenvalue weighted by Crippen LogP contribution is -2.60. The number of aliphatic hydroxyl groups excluding tert-OH is 4. The van der Waals surface area contributed by atoms with Crippen molar-refractivity contribution in [2.75, 3.05) is 6.61 Å². The molecule has 3 rings (SSSR count). The summed E-state index contributed by atoms with van der Waals surface area (Å²) in [4.78, 5) is 13.7. The zero-order valence-electron chi connectivity index (χ0n) is 11.2. The fourth-order valence-electron chi connectivity index (χ4n) is 2.33. The standard InChI is InChI=1S/C13H15NO8/c15-4-7-9(16)10(17)11(18)12(21-7)20-5-2-1-3-6-8(5)14-13(19)22-6/h1-3,7,9-12,15-18H,4H2,(H,14,19)/t7-,9-,10+,11-,12-/m1/s1. The van der Waals surface area contributed by atoms with Gasteiger partial charge < -0.3 is 34.3 Å². The molecule has 0 amide bonds. The van der Waals surface area contributed by atoms with Crippen LogP contribution < -0.4 is 10.5 Å². The number of benzene rings is 1. The lowest BCUT2D eigenvalue weighted by Gasteiger charge is -2.39. The van der Waals surface area contributed by atoms with E-state index in [-0.39, 0.29) is 16.8 Å². The van der Waals surface area contributed by atoms with Gasteiger partial charge in [0, 0.05) is 0 Å². The molecule has 0 bridgehead atoms. The van der Waals surface area contributed by atoms with Crippen molar-refractivity contribution in [2.45, 2.75) is 30.7 Å². The highest BCUT2D eigenvalue weighted by molar-refractivity contribution is 5.79. The number of oxazole rings is 1. The quantitative estimate of drug-likeness (QED) is 0.451. The second-order valence-electron chi connectivity index (χ2n) is 4.96. The number of hydrogen-bond acceptors (Lipinski definition) is 8. The molecule has 0 unspecified atom stereocenters. The zero-order valence-corrected chi connectivity index (χ0v) is 11.2. The maximum absolute atomic E-state index is 11.2. The van der Waals surface area contributed by atoms with Crippen LogP contribution in [0.3, 0.4) is 0 Å². The van der Waals surface area contributed by atoms with Gasteiger partial charge in [0.1, 0.15) is 29.9 Å². The van der Waals surface area contributed by atoms with Gasteiger partial charge in [0.2, 0.25) is 6.29 Å². The predicted molar refractivity (Wildman–Crippen MR) is 71.2 cm³/mol. The van der Waals surface area contributed by atoms with Gasteiger partial charge in [0.05, 0.1) is 6.61 Å². The minimum absolute atomic E-state index is 0.160. The Bertz CT molecular complexity index is 707. The first-order valence-corrected chi connectivity index (χ1v) is 6.60. The van der Waals surface area contributed by atoms with Crippen LogP contribution in [-0.4, -0.2) is 62.7 Å². The molecule has 1 aromatic carbocycles. The molecular weight excluding hydrogens is 298 g/mol. The van der Waals surface area contributed by atoms with Crippen molar-refractivity contribution < 1.29 is 34.3 Å². The van der Waals surface area contributed by atoms with Crippen LogP contribution in [0.15, 0.2) is 27.4 Å². The molecule has 0 aliphatic carbocycles. The molecule has 22 heavy (non-hydrogen) atoms. The van der Waals surface area contributed by atoms with Gasteiger partial charge in [-0.1, -0.05) is 6.07 Å². The molecule has 1 aliphatic rings. The normalized spacial score (nSPS) is 32.3. The molecule has 5 N–H and O–H groups in total. The van der Waals surface area contributed by atoms with Gasteiger partial charge in [-0.2, -0.15) is 0 Å². The molecular formula is C13H15NO8. The van der Waals surface area contributed by atoms with E-state index in [1.165, 1.54) is 6.07 Å². The molecule has 2 aromatic rings. The predicted octanol–water partition coefficient (Wildman–Crippen LogP) is -1.70. The monoisotopic (exact) mass is 313 g/mol. The smallest absolute Gasteiger partial charge is 0.417 e. The molecule has 120 valence electrons. The first kappa shape index (κ1) is 15.0. The van der Waals surface area contributed by atoms with Gasteiger partial charge in [-0.05, 0) is 12.1 Å². The Hall–Kier alpha value is -1.91. The third-order valence-corrected chi connectivity index (χ3v) is 3.51. The Balaban J connectivity index is 1.89. The molecule has 0 saturated carbocycles. The summed E-state index contributed by atoms with van der Waals surface area (Å²) in [6.07, 6.45) is -6.96. The Labute approximate surface area is 123 Å². The molecule has 0 spiro atoms. The van der Waals surface area contributed by atoms with E-state index in [0.29, 0.717) is 0 Å². The van der Waals surface area contributed by atoms with Crippen molar-refractivity contribution in [2.24, 2.45) is 0 Å². The fraction of sp³-hybridized carbons (Fsp3) is 0.462. The van der Waals surface area contributed by atoms with Crippen LogP contribution in [0.2, 0.25) is 0 Å². The summed E-state index contributed by atoms with van der Waals surface area (Å²) in [6.45, 7) is -0.558. The van der Waals surface area contributed by atoms with Gasteiger partial charge in [0.15, 0.2) is 11.3 Å². The fourth-order valence-corrected chi connectivity index (χ4v) is 2.33. The van der Waals surface area contributed by atoms with Gasteiger partial charge in [-0.15, -0.1) is 0 Å². The van der Waals surface area contributed by atoms with Crippen molar-refractivity contribution in [1.29, 1.82) is 0 Å². The summed E-state index contributed by atoms with van der Waals surface area (Å²) in [7, 11) is 0. The third kappa shape index (κ3) is 2.49. The number of H-pyrrole nitrogens is 1. The Morgan fingerprint density at radius 1 is 1.18 bits per heavy atom. The van der Waals surface area contributed by atoms with Crippen molar-refractivity contribution in [1.82, 2.24) is 4.98 Å². The van der Waals surface area contributed by atoms with Gasteiger partial charge >= 0.3 is 5.76 Å². The first-order valence-electron chi connectivity index (χ1n) is 6.60. The van der Waals surface area contributed by atoms with Crippen LogP contribution >= 0.6 is 0 Å². The average molecular weight is 313 g/mol. The molecule has 2 heterocycles. The van der Waals surface area contributed by atoms with Crippen molar-refractivity contribution >= 4 is 11.1 Å². The molecule has 9 heteroatoms. The summed E-state index contributed by atoms with van der Waals surface area (Å²) < 4.78 is 15.6. The molecule has 1 aromatic heterocycles. The maximum atomic E-state index is 11.2. The SMILES string of the molecule is O=c1[nH]c2c(O[C@@H]3O[C@H](CO)[C@@H](O)[C@H](O)[C@H]3O)cccc2o1. The van der Waals surface area contributed by atoms with Crippen molar-refractivity contribution in [3.8, 4) is 5.75 Å². The minimum Gasteiger partial charge on any atom is -0.460 e. The largest absolute Gasteiger partial charge is 0.460 e. The lowest BCUT2D eigenvalue weighted by atomic mass is 9.99. The van der Waals surface area contributed by atoms with E-state index >= 15 is 0 Å². The number of aliphatic hydroxyl groups is 4. The summed E-state index contributed by atoms with van der Waals surface area (Å²) in [5.41, 5.74) is 0.525. The summed E-state index contributed by atoms with van der Waals surface area (Å²) in [5, 5.41) is 38.5. The van der Waals surface area contributed by atoms with Gasteiger partial charge in [-0.3, -0.25) is 4.98 Å². The maximum Gasteiger partial charge on any atom is 0.417 e. The summed E-state index contributed by atoms with van der Waals surface area (Å²) >= 11 is 0. The van der Waals surface area contributed by atoms with Gasteiger partial charge in [-0.25, -0.2) is 4.79 Å². The van der Waals surface area contributed by atoms with Crippen molar-refractivity contribution in [3.05, 3.63) is 28.7 Å². The van der Waals surface area contributed by atoms with E-state index in [0.717, 1.165) is 0 Å². The number of rotatable bonds is 3. The number of hydrogen-bond donors (Lipinski definition) is 5. The number of aromatic nitrogens is 1. The topological polar surface area (TPSA) is 145 Å². The van der Waals surface area contributed by atoms with E-state index in [9.17, 15) is 20.1 Å². The molecule has 1 aliphatic heterocycles. The molecule has 1 saturated heterocycles. The second-order valence-corrected chi connectivity index (χ2v) is 4.96. The van der Waals surface area contributed by atoms with E-state index < -0.39 is 43.1 Å². The lowest BCUT2D eigenvalue weighted by molar-refractivity contribution is -0.277. The highest BCUT2D eigenvalue weighted by Gasteiger charge is 2.44. The van der Waals surface area contributed by atoms with Crippen molar-refractivity contribution in [3.63, 3.8) is 0 Å². The first-order chi connectivity index (χ1) is 10.5. The molecule has 1 fully saturated rings. The third-order valence-electron chi connectivity index (χ3n) is 3.51. The second kappa shape index (κ2) is 5.71. The summed E-state index contributed by atoms with van der Waals surface area (Å²) in [5.74, 6) is -0.507. The van der Waals surface area contributed by atoms with Crippen LogP contribution in [0, 0.1) is 0 Å². The van der Waals surface area contributed by atoms with Crippen LogP contribution in [0.4, 0.5) is 0 Å². The van der Waals surface area contributed by atoms with Crippen LogP contribution in [0.5, 0.6) is 5.75 Å². The average Bonchev–Trinajstić information content (AvgIpc) is 2.89. The van der Waals surface area contributed by atoms with E-state index in [1.54, 1.807) is 12.1 Å². The minimum atomic E-state index is -1.54. The van der Waals surface area contributed by atoms with E-state index in [1.807, 2.05) is 0 Å². The van der Waals surface area contributed by atoms with E-state index in [2.05, 4.69) is 4.98 Å². The zero-order chi connectivity index (χ0) is 15.9. The van der Waals surface area contributed by atoms with E-state index in [4.69, 9.17) is 19.0 Å². The highest BCUT2D eigenvalue weighted by Crippen LogP contribution is 2.28.